The molecule has 104 valence electrons. The summed E-state index contributed by atoms with van der Waals surface area (Å²) in [5.74, 6) is 2.59. The predicted octanol–water partition coefficient (Wildman–Crippen LogP) is 1.54. The molecule has 4 nitrogen and oxygen atoms in total. The van der Waals surface area contributed by atoms with Crippen molar-refractivity contribution >= 4 is 17.7 Å². The van der Waals surface area contributed by atoms with E-state index in [-0.39, 0.29) is 18.0 Å². The molecule has 0 saturated carbocycles. The second-order valence-corrected chi connectivity index (χ2v) is 5.84. The summed E-state index contributed by atoms with van der Waals surface area (Å²) < 4.78 is 5.65. The van der Waals surface area contributed by atoms with E-state index >= 15 is 0 Å². The van der Waals surface area contributed by atoms with Gasteiger partial charge in [-0.1, -0.05) is 17.7 Å². The molecule has 1 heterocycles. The molecule has 1 amide bonds. The molecule has 1 fully saturated rings. The Morgan fingerprint density at radius 1 is 1.53 bits per heavy atom. The molecule has 2 rings (SSSR count). The van der Waals surface area contributed by atoms with Crippen LogP contribution >= 0.6 is 11.8 Å². The van der Waals surface area contributed by atoms with Gasteiger partial charge >= 0.3 is 0 Å². The van der Waals surface area contributed by atoms with Gasteiger partial charge in [-0.15, -0.1) is 11.8 Å². The normalized spacial score (nSPS) is 20.0. The molecule has 1 aromatic carbocycles. The molecule has 1 saturated heterocycles. The van der Waals surface area contributed by atoms with Crippen molar-refractivity contribution in [2.24, 2.45) is 0 Å². The first-order valence-corrected chi connectivity index (χ1v) is 7.61. The summed E-state index contributed by atoms with van der Waals surface area (Å²) in [6.45, 7) is 4.47. The Kier molecular flexibility index (Phi) is 5.10. The summed E-state index contributed by atoms with van der Waals surface area (Å²) in [6, 6.07) is 7.85. The van der Waals surface area contributed by atoms with Crippen LogP contribution in [0.5, 0.6) is 5.75 Å². The van der Waals surface area contributed by atoms with E-state index in [0.29, 0.717) is 6.61 Å². The Morgan fingerprint density at radius 3 is 2.89 bits per heavy atom. The highest BCUT2D eigenvalue weighted by Crippen LogP contribution is 2.12. The first-order valence-electron chi connectivity index (χ1n) is 6.46. The first kappa shape index (κ1) is 14.2. The van der Waals surface area contributed by atoms with Gasteiger partial charge in [-0.3, -0.25) is 10.1 Å². The van der Waals surface area contributed by atoms with Crippen LogP contribution < -0.4 is 15.4 Å². The van der Waals surface area contributed by atoms with Gasteiger partial charge < -0.3 is 10.1 Å². The highest BCUT2D eigenvalue weighted by Gasteiger charge is 2.23. The van der Waals surface area contributed by atoms with Gasteiger partial charge in [0.2, 0.25) is 5.91 Å². The summed E-state index contributed by atoms with van der Waals surface area (Å²) in [5, 5.41) is 6.12. The number of benzene rings is 1. The van der Waals surface area contributed by atoms with Crippen molar-refractivity contribution in [2.75, 3.05) is 18.2 Å². The first-order chi connectivity index (χ1) is 9.15. The van der Waals surface area contributed by atoms with E-state index in [4.69, 9.17) is 4.74 Å². The van der Waals surface area contributed by atoms with Crippen LogP contribution in [0.4, 0.5) is 0 Å². The Balaban J connectivity index is 1.73. The van der Waals surface area contributed by atoms with Crippen LogP contribution in [0.1, 0.15) is 12.5 Å². The van der Waals surface area contributed by atoms with Crippen LogP contribution in [-0.4, -0.2) is 36.2 Å². The molecule has 2 atom stereocenters. The highest BCUT2D eigenvalue weighted by atomic mass is 32.2. The van der Waals surface area contributed by atoms with Gasteiger partial charge in [-0.2, -0.15) is 0 Å². The van der Waals surface area contributed by atoms with Crippen molar-refractivity contribution < 1.29 is 9.53 Å². The minimum atomic E-state index is -0.0631. The van der Waals surface area contributed by atoms with Crippen molar-refractivity contribution in [3.8, 4) is 5.75 Å². The fourth-order valence-corrected chi connectivity index (χ4v) is 2.75. The Bertz CT molecular complexity index is 416. The Labute approximate surface area is 118 Å². The number of rotatable bonds is 5. The maximum atomic E-state index is 11.9. The lowest BCUT2D eigenvalue weighted by Crippen LogP contribution is -2.47. The van der Waals surface area contributed by atoms with Crippen molar-refractivity contribution in [2.45, 2.75) is 25.9 Å². The van der Waals surface area contributed by atoms with E-state index < -0.39 is 0 Å². The van der Waals surface area contributed by atoms with Crippen molar-refractivity contribution in [3.05, 3.63) is 29.8 Å². The fraction of sp³-hybridized carbons (Fsp3) is 0.500. The molecule has 2 N–H and O–H groups in total. The van der Waals surface area contributed by atoms with Gasteiger partial charge in [0.05, 0.1) is 12.1 Å². The van der Waals surface area contributed by atoms with Crippen LogP contribution in [-0.2, 0) is 4.79 Å². The summed E-state index contributed by atoms with van der Waals surface area (Å²) in [6.07, 6.45) is 0. The number of amides is 1. The predicted molar refractivity (Wildman–Crippen MR) is 78.5 cm³/mol. The molecule has 0 bridgehead atoms. The molecule has 1 aliphatic rings. The number of carbonyl (C=O) groups excluding carboxylic acids is 1. The van der Waals surface area contributed by atoms with E-state index in [1.54, 1.807) is 11.8 Å². The lowest BCUT2D eigenvalue weighted by Gasteiger charge is -2.17. The van der Waals surface area contributed by atoms with Crippen LogP contribution in [0.25, 0.3) is 0 Å². The quantitative estimate of drug-likeness (QED) is 0.859. The van der Waals surface area contributed by atoms with Gasteiger partial charge in [0.25, 0.3) is 0 Å². The average molecular weight is 280 g/mol. The second-order valence-electron chi connectivity index (χ2n) is 4.81. The largest absolute Gasteiger partial charge is 0.491 e. The molecule has 0 radical (unpaired) electrons. The molecule has 19 heavy (non-hydrogen) atoms. The summed E-state index contributed by atoms with van der Waals surface area (Å²) in [5.41, 5.74) is 1.21. The summed E-state index contributed by atoms with van der Waals surface area (Å²) >= 11 is 1.75. The number of hydrogen-bond donors (Lipinski definition) is 2. The number of aryl methyl sites for hydroxylation is 1. The average Bonchev–Trinajstić information content (AvgIpc) is 2.92. The minimum absolute atomic E-state index is 0.00111. The summed E-state index contributed by atoms with van der Waals surface area (Å²) in [4.78, 5) is 11.9. The molecule has 0 spiro atoms. The van der Waals surface area contributed by atoms with Crippen molar-refractivity contribution in [1.82, 2.24) is 10.6 Å². The third kappa shape index (κ3) is 4.44. The molecule has 5 heteroatoms. The smallest absolute Gasteiger partial charge is 0.238 e. The zero-order valence-corrected chi connectivity index (χ0v) is 12.1. The molecule has 1 aliphatic heterocycles. The fourth-order valence-electron chi connectivity index (χ4n) is 1.80. The van der Waals surface area contributed by atoms with Gasteiger partial charge in [0.15, 0.2) is 0 Å². The van der Waals surface area contributed by atoms with E-state index in [1.807, 2.05) is 38.1 Å². The Hall–Kier alpha value is -1.20. The molecule has 1 aromatic rings. The zero-order valence-electron chi connectivity index (χ0n) is 11.3. The van der Waals surface area contributed by atoms with E-state index in [0.717, 1.165) is 17.4 Å². The standard InChI is InChI=1S/C14H20N2O2S/c1-10-3-5-12(6-4-10)18-7-11(2)16-14(17)13-8-19-9-15-13/h3-6,11,13,15H,7-9H2,1-2H3,(H,16,17). The Morgan fingerprint density at radius 2 is 2.26 bits per heavy atom. The van der Waals surface area contributed by atoms with Crippen LogP contribution in [0.3, 0.4) is 0 Å². The lowest BCUT2D eigenvalue weighted by atomic mass is 10.2. The second kappa shape index (κ2) is 6.82. The number of thioether (sulfide) groups is 1. The van der Waals surface area contributed by atoms with Crippen LogP contribution in [0, 0.1) is 6.92 Å². The SMILES string of the molecule is Cc1ccc(OCC(C)NC(=O)C2CSCN2)cc1. The maximum Gasteiger partial charge on any atom is 0.238 e. The van der Waals surface area contributed by atoms with Crippen LogP contribution in [0.2, 0.25) is 0 Å². The maximum absolute atomic E-state index is 11.9. The third-order valence-electron chi connectivity index (χ3n) is 2.94. The molecular weight excluding hydrogens is 260 g/mol. The van der Waals surface area contributed by atoms with E-state index in [2.05, 4.69) is 10.6 Å². The summed E-state index contributed by atoms with van der Waals surface area (Å²) in [7, 11) is 0. The number of ether oxygens (including phenoxy) is 1. The minimum Gasteiger partial charge on any atom is -0.491 e. The topological polar surface area (TPSA) is 50.4 Å². The number of nitrogens with one attached hydrogen (secondary N) is 2. The van der Waals surface area contributed by atoms with Gasteiger partial charge in [0.1, 0.15) is 12.4 Å². The van der Waals surface area contributed by atoms with Crippen molar-refractivity contribution in [1.29, 1.82) is 0 Å². The molecule has 0 aliphatic carbocycles. The van der Waals surface area contributed by atoms with Crippen LogP contribution in [0.15, 0.2) is 24.3 Å². The van der Waals surface area contributed by atoms with Crippen molar-refractivity contribution in [3.63, 3.8) is 0 Å². The molecule has 2 unspecified atom stereocenters. The van der Waals surface area contributed by atoms with E-state index in [9.17, 15) is 4.79 Å². The monoisotopic (exact) mass is 280 g/mol. The molecular formula is C14H20N2O2S. The zero-order chi connectivity index (χ0) is 13.7. The highest BCUT2D eigenvalue weighted by molar-refractivity contribution is 7.99. The molecule has 0 aromatic heterocycles. The number of hydrogen-bond acceptors (Lipinski definition) is 4. The van der Waals surface area contributed by atoms with E-state index in [1.165, 1.54) is 5.56 Å². The van der Waals surface area contributed by atoms with Gasteiger partial charge in [0, 0.05) is 11.6 Å². The lowest BCUT2D eigenvalue weighted by molar-refractivity contribution is -0.123. The van der Waals surface area contributed by atoms with Gasteiger partial charge in [-0.25, -0.2) is 0 Å². The van der Waals surface area contributed by atoms with Gasteiger partial charge in [-0.05, 0) is 26.0 Å². The third-order valence-corrected chi connectivity index (χ3v) is 3.88. The number of carbonyl (C=O) groups is 1.